The van der Waals surface area contributed by atoms with Gasteiger partial charge < -0.3 is 25.1 Å². The summed E-state index contributed by atoms with van der Waals surface area (Å²) < 4.78 is 2.16. The monoisotopic (exact) mass is 503 g/mol. The summed E-state index contributed by atoms with van der Waals surface area (Å²) >= 11 is 0. The Morgan fingerprint density at radius 3 is 2.40 bits per heavy atom. The average Bonchev–Trinajstić information content (AvgIpc) is 3.12. The number of benzene rings is 1. The van der Waals surface area contributed by atoms with Crippen LogP contribution < -0.4 is 10.9 Å². The molecular formula is C27H38ClN3O4. The number of hydrogen-bond acceptors (Lipinski definition) is 4. The van der Waals surface area contributed by atoms with Crippen LogP contribution in [-0.4, -0.2) is 32.3 Å². The fourth-order valence-electron chi connectivity index (χ4n) is 4.57. The van der Waals surface area contributed by atoms with Crippen LogP contribution in [-0.2, 0) is 20.0 Å². The maximum absolute atomic E-state index is 12.3. The Bertz CT molecular complexity index is 1200. The quantitative estimate of drug-likeness (QED) is 0.222. The van der Waals surface area contributed by atoms with E-state index in [1.165, 1.54) is 50.6 Å². The number of carboxylic acids is 1. The molecule has 1 aromatic carbocycles. The molecule has 2 aromatic heterocycles. The lowest BCUT2D eigenvalue weighted by molar-refractivity contribution is 0.0691. The number of aromatic carboxylic acids is 1. The molecule has 0 saturated carbocycles. The number of aromatic amines is 1. The normalized spacial score (nSPS) is 11.1. The second-order valence-corrected chi connectivity index (χ2v) is 8.96. The SMILES string of the molecule is CCCCCCCCCNCc1cc2cc(-c3[nH]c(=O)c(C(=O)O)c(O)c3CC)ccc2n1C.Cl. The second-order valence-electron chi connectivity index (χ2n) is 8.96. The molecule has 3 aromatic rings. The van der Waals surface area contributed by atoms with Gasteiger partial charge in [0.25, 0.3) is 5.56 Å². The third kappa shape index (κ3) is 6.67. The number of rotatable bonds is 13. The molecule has 0 bridgehead atoms. The van der Waals surface area contributed by atoms with Crippen molar-refractivity contribution in [1.82, 2.24) is 14.9 Å². The number of aryl methyl sites for hydroxylation is 1. The molecule has 35 heavy (non-hydrogen) atoms. The standard InChI is InChI=1S/C27H37N3O4.ClH/c1-4-6-7-8-9-10-11-14-28-17-20-16-19-15-18(12-13-22(19)30(20)3)24-21(5-2)25(31)23(27(33)34)26(32)29-24;/h12-13,15-16,28H,4-11,14,17H2,1-3H3,(H,33,34)(H2,29,31,32);1H. The number of nitrogens with zero attached hydrogens (tertiary/aromatic N) is 1. The predicted molar refractivity (Wildman–Crippen MR) is 144 cm³/mol. The number of nitrogens with one attached hydrogen (secondary N) is 2. The molecule has 0 aliphatic rings. The van der Waals surface area contributed by atoms with Crippen molar-refractivity contribution in [3.63, 3.8) is 0 Å². The van der Waals surface area contributed by atoms with Crippen LogP contribution >= 0.6 is 12.4 Å². The number of aromatic hydroxyl groups is 1. The number of hydrogen-bond donors (Lipinski definition) is 4. The minimum absolute atomic E-state index is 0. The molecule has 2 heterocycles. The summed E-state index contributed by atoms with van der Waals surface area (Å²) in [4.78, 5) is 26.4. The van der Waals surface area contributed by atoms with Crippen LogP contribution in [0, 0.1) is 0 Å². The van der Waals surface area contributed by atoms with Crippen molar-refractivity contribution in [3.8, 4) is 17.0 Å². The van der Waals surface area contributed by atoms with Crippen LogP contribution in [0.3, 0.4) is 0 Å². The number of H-pyrrole nitrogens is 1. The lowest BCUT2D eigenvalue weighted by atomic mass is 9.99. The number of aromatic nitrogens is 2. The molecule has 0 amide bonds. The highest BCUT2D eigenvalue weighted by Gasteiger charge is 2.22. The van der Waals surface area contributed by atoms with E-state index in [-0.39, 0.29) is 12.4 Å². The van der Waals surface area contributed by atoms with Gasteiger partial charge in [0.1, 0.15) is 5.75 Å². The fourth-order valence-corrected chi connectivity index (χ4v) is 4.57. The van der Waals surface area contributed by atoms with Crippen molar-refractivity contribution in [1.29, 1.82) is 0 Å². The van der Waals surface area contributed by atoms with Crippen molar-refractivity contribution in [2.75, 3.05) is 6.54 Å². The Balaban J connectivity index is 0.00000432. The number of carbonyl (C=O) groups is 1. The summed E-state index contributed by atoms with van der Waals surface area (Å²) in [5, 5.41) is 24.3. The van der Waals surface area contributed by atoms with E-state index in [0.717, 1.165) is 29.6 Å². The number of unbranched alkanes of at least 4 members (excludes halogenated alkanes) is 6. The zero-order chi connectivity index (χ0) is 24.7. The van der Waals surface area contributed by atoms with E-state index < -0.39 is 22.8 Å². The van der Waals surface area contributed by atoms with Gasteiger partial charge in [0.05, 0.1) is 5.69 Å². The zero-order valence-electron chi connectivity index (χ0n) is 20.9. The highest BCUT2D eigenvalue weighted by molar-refractivity contribution is 5.92. The summed E-state index contributed by atoms with van der Waals surface area (Å²) in [6, 6.07) is 7.98. The first-order chi connectivity index (χ1) is 16.4. The smallest absolute Gasteiger partial charge is 0.345 e. The molecule has 0 aliphatic heterocycles. The fraction of sp³-hybridized carbons (Fsp3) is 0.481. The van der Waals surface area contributed by atoms with E-state index >= 15 is 0 Å². The third-order valence-electron chi connectivity index (χ3n) is 6.55. The van der Waals surface area contributed by atoms with Crippen molar-refractivity contribution in [3.05, 3.63) is 51.4 Å². The average molecular weight is 504 g/mol. The molecule has 192 valence electrons. The van der Waals surface area contributed by atoms with Gasteiger partial charge in [-0.15, -0.1) is 12.4 Å². The Kier molecular flexibility index (Phi) is 10.9. The van der Waals surface area contributed by atoms with Crippen LogP contribution in [0.2, 0.25) is 0 Å². The van der Waals surface area contributed by atoms with Crippen molar-refractivity contribution in [2.24, 2.45) is 7.05 Å². The largest absolute Gasteiger partial charge is 0.506 e. The van der Waals surface area contributed by atoms with Gasteiger partial charge in [-0.1, -0.05) is 58.4 Å². The van der Waals surface area contributed by atoms with Gasteiger partial charge >= 0.3 is 5.97 Å². The molecule has 0 saturated heterocycles. The van der Waals surface area contributed by atoms with Crippen LogP contribution in [0.15, 0.2) is 29.1 Å². The Labute approximate surface area is 213 Å². The Morgan fingerprint density at radius 1 is 1.06 bits per heavy atom. The molecule has 0 unspecified atom stereocenters. The molecule has 0 radical (unpaired) electrons. The van der Waals surface area contributed by atoms with Crippen molar-refractivity contribution < 1.29 is 15.0 Å². The first kappa shape index (κ1) is 28.5. The second kappa shape index (κ2) is 13.4. The summed E-state index contributed by atoms with van der Waals surface area (Å²) in [6.45, 7) is 5.83. The van der Waals surface area contributed by atoms with Gasteiger partial charge in [-0.2, -0.15) is 0 Å². The van der Waals surface area contributed by atoms with E-state index in [0.29, 0.717) is 17.7 Å². The summed E-state index contributed by atoms with van der Waals surface area (Å²) in [5.74, 6) is -1.90. The van der Waals surface area contributed by atoms with Gasteiger partial charge in [0.2, 0.25) is 0 Å². The highest BCUT2D eigenvalue weighted by Crippen LogP contribution is 2.32. The summed E-state index contributed by atoms with van der Waals surface area (Å²) in [6.07, 6.45) is 9.45. The third-order valence-corrected chi connectivity index (χ3v) is 6.55. The molecule has 0 spiro atoms. The van der Waals surface area contributed by atoms with Gasteiger partial charge in [-0.05, 0) is 43.1 Å². The molecule has 0 atom stereocenters. The molecule has 0 fully saturated rings. The minimum atomic E-state index is -1.44. The molecule has 4 N–H and O–H groups in total. The van der Waals surface area contributed by atoms with Gasteiger partial charge in [0.15, 0.2) is 5.56 Å². The van der Waals surface area contributed by atoms with E-state index in [9.17, 15) is 19.8 Å². The molecule has 3 rings (SSSR count). The van der Waals surface area contributed by atoms with Crippen LogP contribution in [0.5, 0.6) is 5.75 Å². The molecule has 8 heteroatoms. The lowest BCUT2D eigenvalue weighted by Crippen LogP contribution is -2.20. The van der Waals surface area contributed by atoms with E-state index in [1.54, 1.807) is 0 Å². The zero-order valence-corrected chi connectivity index (χ0v) is 21.8. The molecule has 0 aliphatic carbocycles. The van der Waals surface area contributed by atoms with Crippen LogP contribution in [0.4, 0.5) is 0 Å². The summed E-state index contributed by atoms with van der Waals surface area (Å²) in [5.41, 5.74) is 2.44. The number of carboxylic acid groups (broad SMARTS) is 1. The molecular weight excluding hydrogens is 466 g/mol. The van der Waals surface area contributed by atoms with Crippen LogP contribution in [0.1, 0.15) is 80.4 Å². The predicted octanol–water partition coefficient (Wildman–Crippen LogP) is 5.76. The topological polar surface area (TPSA) is 107 Å². The van der Waals surface area contributed by atoms with E-state index in [1.807, 2.05) is 32.2 Å². The first-order valence-corrected chi connectivity index (χ1v) is 12.4. The number of halogens is 1. The van der Waals surface area contributed by atoms with Gasteiger partial charge in [-0.3, -0.25) is 4.79 Å². The van der Waals surface area contributed by atoms with E-state index in [4.69, 9.17) is 0 Å². The Morgan fingerprint density at radius 2 is 1.74 bits per heavy atom. The van der Waals surface area contributed by atoms with E-state index in [2.05, 4.69) is 27.9 Å². The van der Waals surface area contributed by atoms with Gasteiger partial charge in [-0.25, -0.2) is 4.79 Å². The maximum atomic E-state index is 12.3. The van der Waals surface area contributed by atoms with Crippen molar-refractivity contribution in [2.45, 2.75) is 71.8 Å². The Hall–Kier alpha value is -2.77. The maximum Gasteiger partial charge on any atom is 0.345 e. The first-order valence-electron chi connectivity index (χ1n) is 12.4. The van der Waals surface area contributed by atoms with Crippen molar-refractivity contribution >= 4 is 29.3 Å². The van der Waals surface area contributed by atoms with Crippen LogP contribution in [0.25, 0.3) is 22.2 Å². The number of fused-ring (bicyclic) bond motifs is 1. The highest BCUT2D eigenvalue weighted by atomic mass is 35.5. The number of pyridine rings is 1. The summed E-state index contributed by atoms with van der Waals surface area (Å²) in [7, 11) is 2.04. The molecule has 7 nitrogen and oxygen atoms in total. The minimum Gasteiger partial charge on any atom is -0.506 e. The lowest BCUT2D eigenvalue weighted by Gasteiger charge is -2.12. The van der Waals surface area contributed by atoms with Gasteiger partial charge in [0, 0.05) is 35.8 Å².